The summed E-state index contributed by atoms with van der Waals surface area (Å²) in [6.07, 6.45) is 4.24. The summed E-state index contributed by atoms with van der Waals surface area (Å²) >= 11 is 1.55. The van der Waals surface area contributed by atoms with Gasteiger partial charge in [-0.2, -0.15) is 5.10 Å². The molecule has 0 N–H and O–H groups in total. The summed E-state index contributed by atoms with van der Waals surface area (Å²) in [6.45, 7) is 2.02. The lowest BCUT2D eigenvalue weighted by Gasteiger charge is -2.25. The summed E-state index contributed by atoms with van der Waals surface area (Å²) in [4.78, 5) is 30.6. The molecule has 27 heavy (non-hydrogen) atoms. The molecule has 9 nitrogen and oxygen atoms in total. The first-order valence-electron chi connectivity index (χ1n) is 8.39. The number of amides is 2. The molecule has 10 heteroatoms. The number of carbonyl (C=O) groups is 1. The van der Waals surface area contributed by atoms with Gasteiger partial charge < -0.3 is 9.80 Å². The van der Waals surface area contributed by atoms with Crippen LogP contribution < -0.4 is 0 Å². The van der Waals surface area contributed by atoms with Crippen molar-refractivity contribution in [2.24, 2.45) is 10.1 Å². The molecule has 0 aliphatic carbocycles. The number of carbonyl (C=O) groups excluding carboxylic acids is 1. The van der Waals surface area contributed by atoms with Crippen molar-refractivity contribution >= 4 is 40.9 Å². The van der Waals surface area contributed by atoms with Gasteiger partial charge in [-0.05, 0) is 24.0 Å². The monoisotopic (exact) mass is 388 g/mol. The van der Waals surface area contributed by atoms with E-state index < -0.39 is 4.92 Å². The molecular formula is C17H20N6O3S. The Bertz CT molecular complexity index is 840. The largest absolute Gasteiger partial charge is 0.323 e. The van der Waals surface area contributed by atoms with Crippen LogP contribution in [-0.4, -0.2) is 69.3 Å². The second-order valence-electron chi connectivity index (χ2n) is 5.96. The highest BCUT2D eigenvalue weighted by Gasteiger charge is 2.50. The molecule has 0 bridgehead atoms. The van der Waals surface area contributed by atoms with E-state index in [4.69, 9.17) is 0 Å². The lowest BCUT2D eigenvalue weighted by atomic mass is 10.2. The third kappa shape index (κ3) is 3.52. The fourth-order valence-electron chi connectivity index (χ4n) is 3.01. The van der Waals surface area contributed by atoms with Crippen molar-refractivity contribution in [3.05, 3.63) is 46.0 Å². The summed E-state index contributed by atoms with van der Waals surface area (Å²) in [5.41, 5.74) is 0.535. The van der Waals surface area contributed by atoms with E-state index in [9.17, 15) is 14.9 Å². The quantitative estimate of drug-likeness (QED) is 0.439. The van der Waals surface area contributed by atoms with Gasteiger partial charge in [0.05, 0.1) is 10.5 Å². The van der Waals surface area contributed by atoms with E-state index in [1.54, 1.807) is 77.2 Å². The number of hydrogen-bond donors (Lipinski definition) is 0. The molecule has 0 saturated carbocycles. The Morgan fingerprint density at radius 3 is 2.78 bits per heavy atom. The summed E-state index contributed by atoms with van der Waals surface area (Å²) in [7, 11) is 3.45. The number of nitro benzene ring substituents is 1. The molecule has 2 amide bonds. The van der Waals surface area contributed by atoms with Crippen molar-refractivity contribution in [2.75, 3.05) is 19.8 Å². The van der Waals surface area contributed by atoms with Crippen LogP contribution in [0.4, 0.5) is 10.5 Å². The number of para-hydroxylation sites is 1. The zero-order chi connectivity index (χ0) is 19.6. The first kappa shape index (κ1) is 18.9. The molecule has 0 radical (unpaired) electrons. The molecule has 1 saturated heterocycles. The number of aliphatic imine (C=N–C) groups is 1. The number of hydrogen-bond acceptors (Lipinski definition) is 7. The normalized spacial score (nSPS) is 22.3. The molecule has 2 unspecified atom stereocenters. The van der Waals surface area contributed by atoms with Crippen molar-refractivity contribution in [1.29, 1.82) is 0 Å². The SMILES string of the molecule is CCSC1=NC2C(N(C)C(=O)N2C)N1/N=C/C=C/c1ccccc1[N+](=O)[O-]. The summed E-state index contributed by atoms with van der Waals surface area (Å²) in [6, 6.07) is 6.39. The minimum atomic E-state index is -0.417. The number of amidine groups is 1. The molecule has 2 aliphatic heterocycles. The minimum Gasteiger partial charge on any atom is -0.302 e. The number of likely N-dealkylation sites (N-methyl/N-ethyl adjacent to an activating group) is 2. The van der Waals surface area contributed by atoms with Gasteiger partial charge in [-0.3, -0.25) is 10.1 Å². The number of allylic oxidation sites excluding steroid dienone is 1. The highest BCUT2D eigenvalue weighted by molar-refractivity contribution is 8.13. The predicted molar refractivity (Wildman–Crippen MR) is 107 cm³/mol. The molecule has 1 fully saturated rings. The Morgan fingerprint density at radius 2 is 2.07 bits per heavy atom. The molecule has 2 heterocycles. The van der Waals surface area contributed by atoms with E-state index in [1.807, 2.05) is 6.92 Å². The molecule has 0 spiro atoms. The fourth-order valence-corrected chi connectivity index (χ4v) is 3.73. The highest BCUT2D eigenvalue weighted by Crippen LogP contribution is 2.32. The third-order valence-corrected chi connectivity index (χ3v) is 5.15. The van der Waals surface area contributed by atoms with E-state index >= 15 is 0 Å². The number of hydrazone groups is 1. The predicted octanol–water partition coefficient (Wildman–Crippen LogP) is 2.67. The van der Waals surface area contributed by atoms with Crippen LogP contribution in [0.15, 0.2) is 40.4 Å². The minimum absolute atomic E-state index is 0.0370. The second kappa shape index (κ2) is 7.78. The number of benzene rings is 1. The van der Waals surface area contributed by atoms with Crippen LogP contribution in [0.2, 0.25) is 0 Å². The second-order valence-corrected chi connectivity index (χ2v) is 7.19. The number of urea groups is 1. The van der Waals surface area contributed by atoms with Crippen molar-refractivity contribution in [1.82, 2.24) is 14.8 Å². The summed E-state index contributed by atoms with van der Waals surface area (Å²) in [5, 5.41) is 18.0. The maximum atomic E-state index is 12.2. The van der Waals surface area contributed by atoms with Crippen molar-refractivity contribution in [2.45, 2.75) is 19.3 Å². The standard InChI is InChI=1S/C17H20N6O3S/c1-4-27-16-19-14-15(21(3)17(24)20(14)2)22(16)18-11-7-9-12-8-5-6-10-13(12)23(25)26/h5-11,14-15H,4H2,1-3H3/b9-7+,18-11+. The number of thioether (sulfide) groups is 1. The lowest BCUT2D eigenvalue weighted by molar-refractivity contribution is -0.385. The topological polar surface area (TPSA) is 94.7 Å². The van der Waals surface area contributed by atoms with E-state index in [-0.39, 0.29) is 24.1 Å². The molecule has 2 atom stereocenters. The number of rotatable bonds is 5. The van der Waals surface area contributed by atoms with Crippen LogP contribution in [0.5, 0.6) is 0 Å². The molecule has 142 valence electrons. The zero-order valence-electron chi connectivity index (χ0n) is 15.2. The highest BCUT2D eigenvalue weighted by atomic mass is 32.2. The molecule has 1 aromatic carbocycles. The van der Waals surface area contributed by atoms with E-state index in [1.165, 1.54) is 6.07 Å². The van der Waals surface area contributed by atoms with E-state index in [2.05, 4.69) is 10.1 Å². The van der Waals surface area contributed by atoms with Gasteiger partial charge in [-0.1, -0.05) is 30.8 Å². The van der Waals surface area contributed by atoms with Gasteiger partial charge in [-0.15, -0.1) is 0 Å². The Kier molecular flexibility index (Phi) is 5.45. The van der Waals surface area contributed by atoms with Gasteiger partial charge in [0.25, 0.3) is 5.69 Å². The van der Waals surface area contributed by atoms with Crippen molar-refractivity contribution in [3.8, 4) is 0 Å². The first-order valence-corrected chi connectivity index (χ1v) is 9.37. The van der Waals surface area contributed by atoms with Crippen LogP contribution in [0.25, 0.3) is 6.08 Å². The van der Waals surface area contributed by atoms with Gasteiger partial charge in [0.1, 0.15) is 0 Å². The molecule has 0 aromatic heterocycles. The number of fused-ring (bicyclic) bond motifs is 1. The maximum absolute atomic E-state index is 12.2. The van der Waals surface area contributed by atoms with E-state index in [0.29, 0.717) is 5.56 Å². The number of nitrogens with zero attached hydrogens (tertiary/aromatic N) is 6. The Balaban J connectivity index is 1.80. The average Bonchev–Trinajstić information content (AvgIpc) is 3.11. The van der Waals surface area contributed by atoms with Crippen molar-refractivity contribution < 1.29 is 9.72 Å². The van der Waals surface area contributed by atoms with Crippen molar-refractivity contribution in [3.63, 3.8) is 0 Å². The molecule has 2 aliphatic rings. The zero-order valence-corrected chi connectivity index (χ0v) is 16.0. The summed E-state index contributed by atoms with van der Waals surface area (Å²) in [5.74, 6) is 0.831. The third-order valence-electron chi connectivity index (χ3n) is 4.31. The Hall–Kier alpha value is -2.88. The maximum Gasteiger partial charge on any atom is 0.323 e. The Morgan fingerprint density at radius 1 is 1.33 bits per heavy atom. The fraction of sp³-hybridized carbons (Fsp3) is 0.353. The molecule has 3 rings (SSSR count). The van der Waals surface area contributed by atoms with Gasteiger partial charge >= 0.3 is 6.03 Å². The summed E-state index contributed by atoms with van der Waals surface area (Å²) < 4.78 is 0. The molecular weight excluding hydrogens is 368 g/mol. The van der Waals surface area contributed by atoms with Crippen LogP contribution >= 0.6 is 11.8 Å². The average molecular weight is 388 g/mol. The van der Waals surface area contributed by atoms with Crippen LogP contribution in [0.3, 0.4) is 0 Å². The van der Waals surface area contributed by atoms with Gasteiger partial charge in [-0.25, -0.2) is 14.8 Å². The van der Waals surface area contributed by atoms with Crippen LogP contribution in [-0.2, 0) is 0 Å². The van der Waals surface area contributed by atoms with Crippen LogP contribution in [0, 0.1) is 10.1 Å². The first-order chi connectivity index (χ1) is 13.0. The van der Waals surface area contributed by atoms with Gasteiger partial charge in [0.15, 0.2) is 17.5 Å². The number of nitro groups is 1. The smallest absolute Gasteiger partial charge is 0.302 e. The van der Waals surface area contributed by atoms with Crippen LogP contribution in [0.1, 0.15) is 12.5 Å². The van der Waals surface area contributed by atoms with E-state index in [0.717, 1.165) is 10.9 Å². The molecule has 1 aromatic rings. The lowest BCUT2D eigenvalue weighted by Crippen LogP contribution is -2.43. The van der Waals surface area contributed by atoms with Gasteiger partial charge in [0.2, 0.25) is 0 Å². The Labute approximate surface area is 161 Å². The van der Waals surface area contributed by atoms with Gasteiger partial charge in [0, 0.05) is 26.4 Å².